The van der Waals surface area contributed by atoms with Gasteiger partial charge in [0.2, 0.25) is 5.91 Å². The van der Waals surface area contributed by atoms with Crippen molar-refractivity contribution < 1.29 is 22.7 Å². The van der Waals surface area contributed by atoms with Crippen molar-refractivity contribution in [2.24, 2.45) is 5.92 Å². The van der Waals surface area contributed by atoms with Crippen molar-refractivity contribution in [2.45, 2.75) is 32.0 Å². The van der Waals surface area contributed by atoms with Crippen LogP contribution in [0.5, 0.6) is 5.75 Å². The first kappa shape index (κ1) is 17.6. The van der Waals surface area contributed by atoms with Crippen LogP contribution in [0.1, 0.15) is 24.8 Å². The molecule has 128 valence electrons. The molecule has 1 fully saturated rings. The molecule has 1 saturated heterocycles. The Morgan fingerprint density at radius 3 is 2.48 bits per heavy atom. The lowest BCUT2D eigenvalue weighted by molar-refractivity contribution is -0.153. The van der Waals surface area contributed by atoms with Crippen molar-refractivity contribution in [3.8, 4) is 5.75 Å². The van der Waals surface area contributed by atoms with Crippen LogP contribution in [-0.4, -0.2) is 31.8 Å². The lowest BCUT2D eigenvalue weighted by Gasteiger charge is -2.21. The average molecular weight is 330 g/mol. The summed E-state index contributed by atoms with van der Waals surface area (Å²) < 4.78 is 40.8. The summed E-state index contributed by atoms with van der Waals surface area (Å²) in [6, 6.07) is 6.24. The molecule has 4 nitrogen and oxygen atoms in total. The average Bonchev–Trinajstić information content (AvgIpc) is 2.52. The highest BCUT2D eigenvalue weighted by molar-refractivity contribution is 5.76. The number of benzene rings is 1. The molecular weight excluding hydrogens is 309 g/mol. The first-order chi connectivity index (χ1) is 10.9. The summed E-state index contributed by atoms with van der Waals surface area (Å²) in [6.45, 7) is 0.970. The Hall–Kier alpha value is -1.76. The highest BCUT2D eigenvalue weighted by Gasteiger charge is 2.28. The summed E-state index contributed by atoms with van der Waals surface area (Å²) >= 11 is 0. The number of alkyl halides is 3. The SMILES string of the molecule is O=C(CC1CCNCC1)NCc1ccc(OCC(F)(F)F)cc1. The van der Waals surface area contributed by atoms with Gasteiger partial charge in [0.05, 0.1) is 0 Å². The van der Waals surface area contributed by atoms with E-state index in [9.17, 15) is 18.0 Å². The first-order valence-corrected chi connectivity index (χ1v) is 7.68. The summed E-state index contributed by atoms with van der Waals surface area (Å²) in [5.41, 5.74) is 0.822. The molecule has 1 aromatic carbocycles. The number of ether oxygens (including phenoxy) is 1. The molecule has 2 rings (SSSR count). The topological polar surface area (TPSA) is 50.4 Å². The number of piperidine rings is 1. The molecule has 0 bridgehead atoms. The third kappa shape index (κ3) is 6.90. The smallest absolute Gasteiger partial charge is 0.422 e. The number of hydrogen-bond donors (Lipinski definition) is 2. The molecule has 1 aliphatic heterocycles. The van der Waals surface area contributed by atoms with Gasteiger partial charge < -0.3 is 15.4 Å². The molecule has 0 radical (unpaired) electrons. The standard InChI is InChI=1S/C16H21F3N2O2/c17-16(18,19)11-23-14-3-1-13(2-4-14)10-21-15(22)9-12-5-7-20-8-6-12/h1-4,12,20H,5-11H2,(H,21,22). The van der Waals surface area contributed by atoms with Gasteiger partial charge in [-0.1, -0.05) is 12.1 Å². The van der Waals surface area contributed by atoms with E-state index in [1.807, 2.05) is 0 Å². The predicted octanol–water partition coefficient (Wildman–Crippen LogP) is 2.63. The number of amides is 1. The van der Waals surface area contributed by atoms with Crippen molar-refractivity contribution in [1.29, 1.82) is 0 Å². The van der Waals surface area contributed by atoms with Crippen molar-refractivity contribution in [3.63, 3.8) is 0 Å². The fourth-order valence-electron chi connectivity index (χ4n) is 2.49. The minimum absolute atomic E-state index is 0.00861. The monoisotopic (exact) mass is 330 g/mol. The maximum atomic E-state index is 12.0. The molecule has 1 amide bonds. The molecule has 1 aromatic rings. The van der Waals surface area contributed by atoms with Crippen LogP contribution >= 0.6 is 0 Å². The summed E-state index contributed by atoms with van der Waals surface area (Å²) in [7, 11) is 0. The van der Waals surface area contributed by atoms with Gasteiger partial charge in [0.1, 0.15) is 5.75 Å². The van der Waals surface area contributed by atoms with Crippen molar-refractivity contribution >= 4 is 5.91 Å². The van der Waals surface area contributed by atoms with E-state index in [-0.39, 0.29) is 11.7 Å². The van der Waals surface area contributed by atoms with Crippen LogP contribution in [0.15, 0.2) is 24.3 Å². The lowest BCUT2D eigenvalue weighted by Crippen LogP contribution is -2.32. The first-order valence-electron chi connectivity index (χ1n) is 7.68. The van der Waals surface area contributed by atoms with Crippen LogP contribution < -0.4 is 15.4 Å². The number of carbonyl (C=O) groups is 1. The normalized spacial score (nSPS) is 16.1. The second kappa shape index (κ2) is 8.19. The molecule has 0 aliphatic carbocycles. The molecule has 1 aliphatic rings. The minimum atomic E-state index is -4.35. The quantitative estimate of drug-likeness (QED) is 0.843. The van der Waals surface area contributed by atoms with Gasteiger partial charge in [-0.15, -0.1) is 0 Å². The van der Waals surface area contributed by atoms with E-state index >= 15 is 0 Å². The van der Waals surface area contributed by atoms with E-state index in [0.29, 0.717) is 18.9 Å². The summed E-state index contributed by atoms with van der Waals surface area (Å²) in [5, 5.41) is 6.10. The Kier molecular flexibility index (Phi) is 6.27. The van der Waals surface area contributed by atoms with Crippen LogP contribution in [0.4, 0.5) is 13.2 Å². The molecule has 0 atom stereocenters. The van der Waals surface area contributed by atoms with Gasteiger partial charge in [-0.25, -0.2) is 0 Å². The fourth-order valence-corrected chi connectivity index (χ4v) is 2.49. The van der Waals surface area contributed by atoms with E-state index in [0.717, 1.165) is 31.5 Å². The maximum Gasteiger partial charge on any atom is 0.422 e. The van der Waals surface area contributed by atoms with E-state index in [1.165, 1.54) is 12.1 Å². The van der Waals surface area contributed by atoms with Gasteiger partial charge in [-0.05, 0) is 49.5 Å². The Balaban J connectivity index is 1.71. The number of rotatable bonds is 6. The highest BCUT2D eigenvalue weighted by atomic mass is 19.4. The zero-order chi connectivity index (χ0) is 16.7. The zero-order valence-corrected chi connectivity index (χ0v) is 12.8. The molecule has 0 unspecified atom stereocenters. The third-order valence-corrected chi connectivity index (χ3v) is 3.75. The number of halogens is 3. The Morgan fingerprint density at radius 1 is 1.22 bits per heavy atom. The van der Waals surface area contributed by atoms with Crippen LogP contribution in [0.2, 0.25) is 0 Å². The van der Waals surface area contributed by atoms with Gasteiger partial charge in [0, 0.05) is 13.0 Å². The van der Waals surface area contributed by atoms with Crippen LogP contribution in [0.3, 0.4) is 0 Å². The third-order valence-electron chi connectivity index (χ3n) is 3.75. The van der Waals surface area contributed by atoms with Gasteiger partial charge in [-0.3, -0.25) is 4.79 Å². The van der Waals surface area contributed by atoms with Gasteiger partial charge in [0.15, 0.2) is 6.61 Å². The maximum absolute atomic E-state index is 12.0. The second-order valence-electron chi connectivity index (χ2n) is 5.72. The Morgan fingerprint density at radius 2 is 1.87 bits per heavy atom. The molecule has 23 heavy (non-hydrogen) atoms. The fraction of sp³-hybridized carbons (Fsp3) is 0.562. The van der Waals surface area contributed by atoms with Gasteiger partial charge >= 0.3 is 6.18 Å². The van der Waals surface area contributed by atoms with E-state index in [1.54, 1.807) is 12.1 Å². The Bertz CT molecular complexity index is 497. The van der Waals surface area contributed by atoms with Crippen molar-refractivity contribution in [3.05, 3.63) is 29.8 Å². The number of hydrogen-bond acceptors (Lipinski definition) is 3. The molecule has 0 aromatic heterocycles. The van der Waals surface area contributed by atoms with E-state index in [2.05, 4.69) is 15.4 Å². The highest BCUT2D eigenvalue weighted by Crippen LogP contribution is 2.19. The summed E-state index contributed by atoms with van der Waals surface area (Å²) in [4.78, 5) is 11.9. The zero-order valence-electron chi connectivity index (χ0n) is 12.8. The van der Waals surface area contributed by atoms with Crippen LogP contribution in [0.25, 0.3) is 0 Å². The molecule has 7 heteroatoms. The Labute approximate surface area is 133 Å². The van der Waals surface area contributed by atoms with Gasteiger partial charge in [0.25, 0.3) is 0 Å². The molecule has 1 heterocycles. The lowest BCUT2D eigenvalue weighted by atomic mass is 9.94. The summed E-state index contributed by atoms with van der Waals surface area (Å²) in [6.07, 6.45) is -1.80. The largest absolute Gasteiger partial charge is 0.484 e. The number of nitrogens with one attached hydrogen (secondary N) is 2. The van der Waals surface area contributed by atoms with Crippen molar-refractivity contribution in [1.82, 2.24) is 10.6 Å². The van der Waals surface area contributed by atoms with Crippen LogP contribution in [-0.2, 0) is 11.3 Å². The van der Waals surface area contributed by atoms with E-state index in [4.69, 9.17) is 0 Å². The van der Waals surface area contributed by atoms with E-state index < -0.39 is 12.8 Å². The second-order valence-corrected chi connectivity index (χ2v) is 5.72. The molecule has 2 N–H and O–H groups in total. The molecule has 0 spiro atoms. The molecular formula is C16H21F3N2O2. The molecule has 0 saturated carbocycles. The minimum Gasteiger partial charge on any atom is -0.484 e. The van der Waals surface area contributed by atoms with Crippen LogP contribution in [0, 0.1) is 5.92 Å². The number of carbonyl (C=O) groups excluding carboxylic acids is 1. The van der Waals surface area contributed by atoms with Crippen molar-refractivity contribution in [2.75, 3.05) is 19.7 Å². The predicted molar refractivity (Wildman–Crippen MR) is 80.0 cm³/mol. The summed E-state index contributed by atoms with van der Waals surface area (Å²) in [5.74, 6) is 0.593. The van der Waals surface area contributed by atoms with Gasteiger partial charge in [-0.2, -0.15) is 13.2 Å².